The summed E-state index contributed by atoms with van der Waals surface area (Å²) in [5.74, 6) is 0.912. The van der Waals surface area contributed by atoms with E-state index < -0.39 is 0 Å². The van der Waals surface area contributed by atoms with E-state index in [1.54, 1.807) is 24.3 Å². The van der Waals surface area contributed by atoms with Gasteiger partial charge in [0.05, 0.1) is 4.47 Å². The van der Waals surface area contributed by atoms with Crippen LogP contribution >= 0.6 is 27.5 Å². The average molecular weight is 345 g/mol. The van der Waals surface area contributed by atoms with Gasteiger partial charge in [0.2, 0.25) is 0 Å². The van der Waals surface area contributed by atoms with Gasteiger partial charge < -0.3 is 10.5 Å². The second-order valence-corrected chi connectivity index (χ2v) is 5.26. The van der Waals surface area contributed by atoms with Crippen LogP contribution in [0.2, 0.25) is 5.02 Å². The molecule has 2 aromatic rings. The molecule has 0 aromatic heterocycles. The Labute approximate surface area is 124 Å². The van der Waals surface area contributed by atoms with Crippen molar-refractivity contribution in [3.63, 3.8) is 0 Å². The van der Waals surface area contributed by atoms with Gasteiger partial charge in [0, 0.05) is 5.02 Å². The SMILES string of the molecule is NCCc1cc(F)ccc1Oc1ccc(Cl)cc1Br. The lowest BCUT2D eigenvalue weighted by Crippen LogP contribution is -2.04. The molecule has 0 amide bonds. The van der Waals surface area contributed by atoms with Crippen LogP contribution in [-0.4, -0.2) is 6.54 Å². The van der Waals surface area contributed by atoms with Crippen molar-refractivity contribution in [2.45, 2.75) is 6.42 Å². The molecule has 2 aromatic carbocycles. The van der Waals surface area contributed by atoms with Gasteiger partial charge in [0.1, 0.15) is 17.3 Å². The van der Waals surface area contributed by atoms with E-state index in [9.17, 15) is 4.39 Å². The van der Waals surface area contributed by atoms with E-state index in [0.29, 0.717) is 29.5 Å². The number of ether oxygens (including phenoxy) is 1. The van der Waals surface area contributed by atoms with Crippen LogP contribution in [0.3, 0.4) is 0 Å². The maximum absolute atomic E-state index is 13.2. The molecule has 2 nitrogen and oxygen atoms in total. The van der Waals surface area contributed by atoms with Crippen LogP contribution in [0, 0.1) is 5.82 Å². The molecule has 0 fully saturated rings. The number of halogens is 3. The molecule has 0 aliphatic carbocycles. The van der Waals surface area contributed by atoms with E-state index in [0.717, 1.165) is 10.0 Å². The maximum Gasteiger partial charge on any atom is 0.141 e. The van der Waals surface area contributed by atoms with Crippen molar-refractivity contribution >= 4 is 27.5 Å². The third-order valence-electron chi connectivity index (χ3n) is 2.55. The predicted octanol–water partition coefficient (Wildman–Crippen LogP) is 4.54. The Hall–Kier alpha value is -1.10. The lowest BCUT2D eigenvalue weighted by atomic mass is 10.1. The van der Waals surface area contributed by atoms with Gasteiger partial charge in [-0.25, -0.2) is 4.39 Å². The zero-order chi connectivity index (χ0) is 13.8. The number of hydrogen-bond acceptors (Lipinski definition) is 2. The van der Waals surface area contributed by atoms with Crippen molar-refractivity contribution in [2.75, 3.05) is 6.54 Å². The van der Waals surface area contributed by atoms with E-state index in [4.69, 9.17) is 22.1 Å². The van der Waals surface area contributed by atoms with E-state index >= 15 is 0 Å². The largest absolute Gasteiger partial charge is 0.456 e. The molecular formula is C14H12BrClFNO. The molecule has 0 atom stereocenters. The van der Waals surface area contributed by atoms with Gasteiger partial charge in [-0.15, -0.1) is 0 Å². The number of rotatable bonds is 4. The van der Waals surface area contributed by atoms with Crippen molar-refractivity contribution in [3.05, 3.63) is 57.3 Å². The molecule has 5 heteroatoms. The molecule has 19 heavy (non-hydrogen) atoms. The summed E-state index contributed by atoms with van der Waals surface area (Å²) in [7, 11) is 0. The molecule has 2 N–H and O–H groups in total. The molecule has 0 heterocycles. The molecule has 0 saturated heterocycles. The number of nitrogens with two attached hydrogens (primary N) is 1. The minimum Gasteiger partial charge on any atom is -0.456 e. The van der Waals surface area contributed by atoms with E-state index in [2.05, 4.69) is 15.9 Å². The summed E-state index contributed by atoms with van der Waals surface area (Å²) in [4.78, 5) is 0. The summed E-state index contributed by atoms with van der Waals surface area (Å²) in [5, 5.41) is 0.612. The van der Waals surface area contributed by atoms with Crippen molar-refractivity contribution in [1.82, 2.24) is 0 Å². The minimum absolute atomic E-state index is 0.300. The molecular weight excluding hydrogens is 333 g/mol. The molecule has 0 spiro atoms. The van der Waals surface area contributed by atoms with Crippen LogP contribution in [0.5, 0.6) is 11.5 Å². The monoisotopic (exact) mass is 343 g/mol. The summed E-state index contributed by atoms with van der Waals surface area (Å²) in [6.45, 7) is 0.432. The summed E-state index contributed by atoms with van der Waals surface area (Å²) >= 11 is 9.24. The third kappa shape index (κ3) is 3.69. The molecule has 100 valence electrons. The van der Waals surface area contributed by atoms with Crippen molar-refractivity contribution < 1.29 is 9.13 Å². The summed E-state index contributed by atoms with van der Waals surface area (Å²) < 4.78 is 19.7. The fourth-order valence-electron chi connectivity index (χ4n) is 1.67. The van der Waals surface area contributed by atoms with Crippen LogP contribution in [0.1, 0.15) is 5.56 Å². The lowest BCUT2D eigenvalue weighted by molar-refractivity contribution is 0.471. The summed E-state index contributed by atoms with van der Waals surface area (Å²) in [6.07, 6.45) is 0.554. The zero-order valence-corrected chi connectivity index (χ0v) is 12.3. The van der Waals surface area contributed by atoms with Crippen molar-refractivity contribution in [1.29, 1.82) is 0 Å². The Morgan fingerprint density at radius 2 is 1.89 bits per heavy atom. The van der Waals surface area contributed by atoms with Gasteiger partial charge in [-0.3, -0.25) is 0 Å². The van der Waals surface area contributed by atoms with Crippen LogP contribution in [0.25, 0.3) is 0 Å². The highest BCUT2D eigenvalue weighted by molar-refractivity contribution is 9.10. The van der Waals surface area contributed by atoms with E-state index in [1.807, 2.05) is 0 Å². The Morgan fingerprint density at radius 3 is 2.58 bits per heavy atom. The summed E-state index contributed by atoms with van der Waals surface area (Å²) in [5.41, 5.74) is 6.26. The zero-order valence-electron chi connectivity index (χ0n) is 10.00. The van der Waals surface area contributed by atoms with Gasteiger partial charge in [-0.05, 0) is 70.9 Å². The van der Waals surface area contributed by atoms with Crippen LogP contribution in [0.4, 0.5) is 4.39 Å². The fourth-order valence-corrected chi connectivity index (χ4v) is 2.44. The Balaban J connectivity index is 2.32. The first-order valence-electron chi connectivity index (χ1n) is 5.71. The molecule has 0 aliphatic heterocycles. The van der Waals surface area contributed by atoms with Gasteiger partial charge in [-0.1, -0.05) is 11.6 Å². The number of benzene rings is 2. The highest BCUT2D eigenvalue weighted by Crippen LogP contribution is 2.33. The van der Waals surface area contributed by atoms with Crippen LogP contribution < -0.4 is 10.5 Å². The predicted molar refractivity (Wildman–Crippen MR) is 78.4 cm³/mol. The maximum atomic E-state index is 13.2. The highest BCUT2D eigenvalue weighted by Gasteiger charge is 2.09. The van der Waals surface area contributed by atoms with Gasteiger partial charge in [0.15, 0.2) is 0 Å². The quantitative estimate of drug-likeness (QED) is 0.884. The third-order valence-corrected chi connectivity index (χ3v) is 3.40. The fraction of sp³-hybridized carbons (Fsp3) is 0.143. The van der Waals surface area contributed by atoms with E-state index in [1.165, 1.54) is 12.1 Å². The first-order chi connectivity index (χ1) is 9.10. The van der Waals surface area contributed by atoms with E-state index in [-0.39, 0.29) is 5.82 Å². The highest BCUT2D eigenvalue weighted by atomic mass is 79.9. The molecule has 0 saturated carbocycles. The molecule has 0 radical (unpaired) electrons. The molecule has 0 unspecified atom stereocenters. The molecule has 0 bridgehead atoms. The number of hydrogen-bond donors (Lipinski definition) is 1. The summed E-state index contributed by atoms with van der Waals surface area (Å²) in [6, 6.07) is 9.62. The van der Waals surface area contributed by atoms with Crippen LogP contribution in [-0.2, 0) is 6.42 Å². The minimum atomic E-state index is -0.300. The normalized spacial score (nSPS) is 10.5. The Bertz CT molecular complexity index is 592. The van der Waals surface area contributed by atoms with Crippen molar-refractivity contribution in [3.8, 4) is 11.5 Å². The average Bonchev–Trinajstić information content (AvgIpc) is 2.36. The molecule has 0 aliphatic rings. The standard InChI is InChI=1S/C14H12BrClFNO/c15-12-8-10(16)1-3-14(12)19-13-4-2-11(17)7-9(13)5-6-18/h1-4,7-8H,5-6,18H2. The van der Waals surface area contributed by atoms with Crippen molar-refractivity contribution in [2.24, 2.45) is 5.73 Å². The van der Waals surface area contributed by atoms with Crippen LogP contribution in [0.15, 0.2) is 40.9 Å². The first-order valence-corrected chi connectivity index (χ1v) is 6.88. The first kappa shape index (κ1) is 14.3. The van der Waals surface area contributed by atoms with Gasteiger partial charge in [-0.2, -0.15) is 0 Å². The van der Waals surface area contributed by atoms with Gasteiger partial charge in [0.25, 0.3) is 0 Å². The Morgan fingerprint density at radius 1 is 1.16 bits per heavy atom. The lowest BCUT2D eigenvalue weighted by Gasteiger charge is -2.12. The second-order valence-electron chi connectivity index (χ2n) is 3.97. The molecule has 2 rings (SSSR count). The second kappa shape index (κ2) is 6.37. The van der Waals surface area contributed by atoms with Gasteiger partial charge >= 0.3 is 0 Å². The smallest absolute Gasteiger partial charge is 0.141 e. The Kier molecular flexibility index (Phi) is 4.80. The topological polar surface area (TPSA) is 35.2 Å².